The van der Waals surface area contributed by atoms with E-state index in [4.69, 9.17) is 0 Å². The van der Waals surface area contributed by atoms with E-state index in [1.54, 1.807) is 0 Å². The highest BCUT2D eigenvalue weighted by atomic mass is 16.2. The molecule has 0 radical (unpaired) electrons. The summed E-state index contributed by atoms with van der Waals surface area (Å²) < 4.78 is 0. The van der Waals surface area contributed by atoms with Crippen LogP contribution >= 0.6 is 0 Å². The predicted molar refractivity (Wildman–Crippen MR) is 94.5 cm³/mol. The fraction of sp³-hybridized carbons (Fsp3) is 0.421. The molecule has 0 unspecified atom stereocenters. The Morgan fingerprint density at radius 1 is 0.958 bits per heavy atom. The van der Waals surface area contributed by atoms with E-state index in [1.165, 1.54) is 37.6 Å². The Kier molecular flexibility index (Phi) is 4.15. The molecule has 0 saturated carbocycles. The number of rotatable bonds is 2. The van der Waals surface area contributed by atoms with Gasteiger partial charge in [0.05, 0.1) is 0 Å². The van der Waals surface area contributed by atoms with E-state index in [2.05, 4.69) is 20.9 Å². The molecule has 5 nitrogen and oxygen atoms in total. The first-order valence-corrected chi connectivity index (χ1v) is 8.80. The number of hydrogen-bond acceptors (Lipinski definition) is 4. The monoisotopic (exact) mass is 322 g/mol. The van der Waals surface area contributed by atoms with E-state index < -0.39 is 0 Å². The topological polar surface area (TPSA) is 49.3 Å². The molecule has 1 amide bonds. The number of hydrogen-bond donors (Lipinski definition) is 0. The molecule has 4 rings (SSSR count). The summed E-state index contributed by atoms with van der Waals surface area (Å²) in [5.74, 6) is 0.848. The van der Waals surface area contributed by atoms with E-state index in [-0.39, 0.29) is 5.91 Å². The van der Waals surface area contributed by atoms with Gasteiger partial charge in [0.15, 0.2) is 0 Å². The highest BCUT2D eigenvalue weighted by Crippen LogP contribution is 2.29. The van der Waals surface area contributed by atoms with Crippen LogP contribution in [0.1, 0.15) is 41.7 Å². The second kappa shape index (κ2) is 6.59. The molecular formula is C19H22N4O. The number of nitrogens with zero attached hydrogens (tertiary/aromatic N) is 4. The van der Waals surface area contributed by atoms with Crippen molar-refractivity contribution < 1.29 is 4.79 Å². The molecule has 1 saturated heterocycles. The molecule has 5 heteroatoms. The molecule has 24 heavy (non-hydrogen) atoms. The third-order valence-corrected chi connectivity index (χ3v) is 4.93. The van der Waals surface area contributed by atoms with Crippen molar-refractivity contribution in [2.24, 2.45) is 0 Å². The normalized spacial score (nSPS) is 17.5. The molecule has 0 spiro atoms. The summed E-state index contributed by atoms with van der Waals surface area (Å²) >= 11 is 0. The van der Waals surface area contributed by atoms with Gasteiger partial charge in [0.25, 0.3) is 5.91 Å². The minimum Gasteiger partial charge on any atom is -0.357 e. The summed E-state index contributed by atoms with van der Waals surface area (Å²) in [5, 5.41) is 0. The second-order valence-electron chi connectivity index (χ2n) is 6.50. The number of fused-ring (bicyclic) bond motifs is 1. The van der Waals surface area contributed by atoms with Crippen LogP contribution in [-0.2, 0) is 6.42 Å². The van der Waals surface area contributed by atoms with E-state index in [9.17, 15) is 4.79 Å². The van der Waals surface area contributed by atoms with E-state index >= 15 is 0 Å². The summed E-state index contributed by atoms with van der Waals surface area (Å²) in [6.45, 7) is 2.75. The largest absolute Gasteiger partial charge is 0.357 e. The van der Waals surface area contributed by atoms with Gasteiger partial charge in [-0.25, -0.2) is 9.97 Å². The molecule has 2 aliphatic heterocycles. The highest BCUT2D eigenvalue weighted by Gasteiger charge is 2.26. The summed E-state index contributed by atoms with van der Waals surface area (Å²) in [6, 6.07) is 9.96. The number of amides is 1. The van der Waals surface area contributed by atoms with Crippen LogP contribution in [0.15, 0.2) is 36.7 Å². The van der Waals surface area contributed by atoms with Crippen LogP contribution in [-0.4, -0.2) is 35.5 Å². The van der Waals surface area contributed by atoms with Crippen LogP contribution in [0, 0.1) is 0 Å². The third-order valence-electron chi connectivity index (χ3n) is 4.93. The lowest BCUT2D eigenvalue weighted by Gasteiger charge is -2.22. The average Bonchev–Trinajstić information content (AvgIpc) is 2.87. The van der Waals surface area contributed by atoms with E-state index in [1.807, 2.05) is 29.2 Å². The first-order chi connectivity index (χ1) is 11.8. The summed E-state index contributed by atoms with van der Waals surface area (Å²) in [6.07, 6.45) is 7.36. The molecule has 0 aliphatic carbocycles. The minimum atomic E-state index is -0.0292. The SMILES string of the molecule is O=C(c1cc(N2CCCCCC2)ncn1)N1CCc2ccccc21. The third kappa shape index (κ3) is 2.86. The zero-order valence-corrected chi connectivity index (χ0v) is 13.8. The molecule has 0 atom stereocenters. The van der Waals surface area contributed by atoms with Gasteiger partial charge in [-0.15, -0.1) is 0 Å². The standard InChI is InChI=1S/C19H22N4O/c24-19(23-12-9-15-7-3-4-8-17(15)23)16-13-18(21-14-20-16)22-10-5-1-2-6-11-22/h3-4,7-8,13-14H,1-2,5-6,9-12H2. The van der Waals surface area contributed by atoms with Gasteiger partial charge < -0.3 is 9.80 Å². The van der Waals surface area contributed by atoms with E-state index in [0.717, 1.165) is 37.6 Å². The molecule has 1 fully saturated rings. The Morgan fingerprint density at radius 3 is 2.58 bits per heavy atom. The summed E-state index contributed by atoms with van der Waals surface area (Å²) in [5.41, 5.74) is 2.73. The maximum Gasteiger partial charge on any atom is 0.277 e. The fourth-order valence-electron chi connectivity index (χ4n) is 3.62. The zero-order valence-electron chi connectivity index (χ0n) is 13.8. The summed E-state index contributed by atoms with van der Waals surface area (Å²) in [4.78, 5) is 25.7. The molecule has 2 aliphatic rings. The Morgan fingerprint density at radius 2 is 1.75 bits per heavy atom. The van der Waals surface area contributed by atoms with Crippen molar-refractivity contribution >= 4 is 17.4 Å². The first-order valence-electron chi connectivity index (χ1n) is 8.80. The number of anilines is 2. The van der Waals surface area contributed by atoms with Crippen molar-refractivity contribution in [1.82, 2.24) is 9.97 Å². The van der Waals surface area contributed by atoms with E-state index in [0.29, 0.717) is 5.69 Å². The van der Waals surface area contributed by atoms with Crippen LogP contribution in [0.4, 0.5) is 11.5 Å². The molecule has 0 bridgehead atoms. The first kappa shape index (κ1) is 15.1. The van der Waals surface area contributed by atoms with Crippen molar-refractivity contribution in [1.29, 1.82) is 0 Å². The second-order valence-corrected chi connectivity index (χ2v) is 6.50. The lowest BCUT2D eigenvalue weighted by Crippen LogP contribution is -2.30. The number of benzene rings is 1. The average molecular weight is 322 g/mol. The Bertz CT molecular complexity index is 738. The number of carbonyl (C=O) groups excluding carboxylic acids is 1. The van der Waals surface area contributed by atoms with Crippen LogP contribution in [0.5, 0.6) is 0 Å². The maximum absolute atomic E-state index is 12.9. The van der Waals surface area contributed by atoms with Crippen LogP contribution < -0.4 is 9.80 Å². The molecule has 1 aromatic carbocycles. The van der Waals surface area contributed by atoms with Gasteiger partial charge in [-0.3, -0.25) is 4.79 Å². The molecule has 2 aromatic rings. The van der Waals surface area contributed by atoms with Gasteiger partial charge >= 0.3 is 0 Å². The number of aromatic nitrogens is 2. The molecule has 1 aromatic heterocycles. The van der Waals surface area contributed by atoms with Gasteiger partial charge in [0, 0.05) is 31.4 Å². The summed E-state index contributed by atoms with van der Waals surface area (Å²) in [7, 11) is 0. The lowest BCUT2D eigenvalue weighted by atomic mass is 10.2. The Labute approximate surface area is 142 Å². The van der Waals surface area contributed by atoms with Crippen molar-refractivity contribution in [3.05, 3.63) is 47.9 Å². The number of para-hydroxylation sites is 1. The Balaban J connectivity index is 1.58. The predicted octanol–water partition coefficient (Wildman–Crippen LogP) is 3.06. The smallest absolute Gasteiger partial charge is 0.277 e. The zero-order chi connectivity index (χ0) is 16.4. The van der Waals surface area contributed by atoms with Crippen molar-refractivity contribution in [2.45, 2.75) is 32.1 Å². The van der Waals surface area contributed by atoms with Gasteiger partial charge in [-0.1, -0.05) is 31.0 Å². The maximum atomic E-state index is 12.9. The van der Waals surface area contributed by atoms with Crippen molar-refractivity contribution in [3.63, 3.8) is 0 Å². The molecule has 3 heterocycles. The minimum absolute atomic E-state index is 0.0292. The van der Waals surface area contributed by atoms with Crippen molar-refractivity contribution in [2.75, 3.05) is 29.4 Å². The lowest BCUT2D eigenvalue weighted by molar-refractivity contribution is 0.0984. The Hall–Kier alpha value is -2.43. The number of carbonyl (C=O) groups is 1. The van der Waals surface area contributed by atoms with Gasteiger partial charge in [0.2, 0.25) is 0 Å². The fourth-order valence-corrected chi connectivity index (χ4v) is 3.62. The van der Waals surface area contributed by atoms with Crippen LogP contribution in [0.2, 0.25) is 0 Å². The molecule has 0 N–H and O–H groups in total. The van der Waals surface area contributed by atoms with Gasteiger partial charge in [0.1, 0.15) is 17.8 Å². The molecular weight excluding hydrogens is 300 g/mol. The van der Waals surface area contributed by atoms with Gasteiger partial charge in [-0.2, -0.15) is 0 Å². The van der Waals surface area contributed by atoms with Crippen LogP contribution in [0.3, 0.4) is 0 Å². The van der Waals surface area contributed by atoms with Gasteiger partial charge in [-0.05, 0) is 30.9 Å². The quantitative estimate of drug-likeness (QED) is 0.852. The van der Waals surface area contributed by atoms with Crippen molar-refractivity contribution in [3.8, 4) is 0 Å². The molecule has 124 valence electrons. The van der Waals surface area contributed by atoms with Crippen LogP contribution in [0.25, 0.3) is 0 Å². The highest BCUT2D eigenvalue weighted by molar-refractivity contribution is 6.06.